The highest BCUT2D eigenvalue weighted by Crippen LogP contribution is 2.32. The zero-order valence-electron chi connectivity index (χ0n) is 9.95. The van der Waals surface area contributed by atoms with Crippen LogP contribution in [0.1, 0.15) is 23.0 Å². The molecular weight excluding hydrogens is 267 g/mol. The van der Waals surface area contributed by atoms with Gasteiger partial charge in [0.15, 0.2) is 11.6 Å². The lowest BCUT2D eigenvalue weighted by Crippen LogP contribution is -2.22. The van der Waals surface area contributed by atoms with E-state index >= 15 is 0 Å². The van der Waals surface area contributed by atoms with E-state index in [1.807, 2.05) is 0 Å². The normalized spacial score (nSPS) is 11.2. The molecule has 9 heteroatoms. The molecular formula is C10H12F3N3O3. The van der Waals surface area contributed by atoms with Crippen molar-refractivity contribution in [2.75, 3.05) is 12.3 Å². The highest BCUT2D eigenvalue weighted by atomic mass is 19.4. The van der Waals surface area contributed by atoms with E-state index in [4.69, 9.17) is 11.5 Å². The maximum atomic E-state index is 12.3. The number of pyridine rings is 1. The number of aromatic nitrogens is 1. The van der Waals surface area contributed by atoms with Crippen LogP contribution in [0, 0.1) is 0 Å². The molecule has 0 unspecified atom stereocenters. The molecule has 0 spiro atoms. The van der Waals surface area contributed by atoms with Gasteiger partial charge in [-0.25, -0.2) is 9.78 Å². The van der Waals surface area contributed by atoms with E-state index in [1.54, 1.807) is 0 Å². The monoisotopic (exact) mass is 279 g/mol. The van der Waals surface area contributed by atoms with Crippen LogP contribution in [0.25, 0.3) is 0 Å². The summed E-state index contributed by atoms with van der Waals surface area (Å²) in [7, 11) is 0. The van der Waals surface area contributed by atoms with Crippen LogP contribution in [-0.4, -0.2) is 23.9 Å². The van der Waals surface area contributed by atoms with Crippen molar-refractivity contribution >= 4 is 11.8 Å². The summed E-state index contributed by atoms with van der Waals surface area (Å²) in [6.45, 7) is 1.41. The molecule has 1 aromatic rings. The topological polar surface area (TPSA) is 100 Å². The molecule has 0 aromatic carbocycles. The van der Waals surface area contributed by atoms with Gasteiger partial charge in [-0.2, -0.15) is 0 Å². The number of carbonyl (C=O) groups excluding carboxylic acids is 1. The molecule has 19 heavy (non-hydrogen) atoms. The van der Waals surface area contributed by atoms with E-state index in [2.05, 4.69) is 14.5 Å². The van der Waals surface area contributed by atoms with Crippen molar-refractivity contribution < 1.29 is 27.4 Å². The van der Waals surface area contributed by atoms with Gasteiger partial charge in [-0.1, -0.05) is 0 Å². The van der Waals surface area contributed by atoms with Crippen LogP contribution < -0.4 is 16.2 Å². The number of esters is 1. The number of nitrogens with two attached hydrogens (primary N) is 2. The van der Waals surface area contributed by atoms with Crippen molar-refractivity contribution in [3.8, 4) is 5.75 Å². The Balaban J connectivity index is 3.29. The van der Waals surface area contributed by atoms with E-state index in [0.29, 0.717) is 0 Å². The highest BCUT2D eigenvalue weighted by molar-refractivity contribution is 5.94. The maximum Gasteiger partial charge on any atom is 0.573 e. The van der Waals surface area contributed by atoms with Gasteiger partial charge in [0.25, 0.3) is 0 Å². The number of ether oxygens (including phenoxy) is 2. The van der Waals surface area contributed by atoms with E-state index in [0.717, 1.165) is 6.07 Å². The molecule has 1 aromatic heterocycles. The number of rotatable bonds is 4. The fourth-order valence-electron chi connectivity index (χ4n) is 1.30. The average Bonchev–Trinajstić information content (AvgIpc) is 2.30. The van der Waals surface area contributed by atoms with Gasteiger partial charge in [0.2, 0.25) is 0 Å². The Hall–Kier alpha value is -2.03. The Morgan fingerprint density at radius 2 is 2.11 bits per heavy atom. The lowest BCUT2D eigenvalue weighted by molar-refractivity contribution is -0.274. The van der Waals surface area contributed by atoms with Crippen LogP contribution in [0.5, 0.6) is 5.75 Å². The molecule has 0 saturated carbocycles. The summed E-state index contributed by atoms with van der Waals surface area (Å²) >= 11 is 0. The predicted octanol–water partition coefficient (Wildman–Crippen LogP) is 1.20. The maximum absolute atomic E-state index is 12.3. The second-order valence-electron chi connectivity index (χ2n) is 3.35. The van der Waals surface area contributed by atoms with E-state index in [9.17, 15) is 18.0 Å². The van der Waals surface area contributed by atoms with Gasteiger partial charge in [-0.05, 0) is 13.0 Å². The molecule has 0 aliphatic heterocycles. The zero-order chi connectivity index (χ0) is 14.6. The molecule has 4 N–H and O–H groups in total. The standard InChI is InChI=1S/C10H12F3N3O3/c1-2-18-9(17)6-3-5(4-14)16-8(15)7(6)19-10(11,12)13/h3H,2,4,14H2,1H3,(H2,15,16). The molecule has 0 atom stereocenters. The third-order valence-corrected chi connectivity index (χ3v) is 1.97. The summed E-state index contributed by atoms with van der Waals surface area (Å²) in [6.07, 6.45) is -5.00. The third kappa shape index (κ3) is 3.98. The van der Waals surface area contributed by atoms with Crippen LogP contribution in [-0.2, 0) is 11.3 Å². The first-order valence-electron chi connectivity index (χ1n) is 5.20. The number of hydrogen-bond acceptors (Lipinski definition) is 6. The highest BCUT2D eigenvalue weighted by Gasteiger charge is 2.35. The minimum absolute atomic E-state index is 0.00945. The minimum atomic E-state index is -5.00. The minimum Gasteiger partial charge on any atom is -0.462 e. The summed E-state index contributed by atoms with van der Waals surface area (Å²) < 4.78 is 45.1. The van der Waals surface area contributed by atoms with Crippen molar-refractivity contribution in [1.29, 1.82) is 0 Å². The first-order valence-corrected chi connectivity index (χ1v) is 5.20. The molecule has 0 aliphatic rings. The molecule has 1 heterocycles. The average molecular weight is 279 g/mol. The summed E-state index contributed by atoms with van der Waals surface area (Å²) in [5, 5.41) is 0. The van der Waals surface area contributed by atoms with Crippen LogP contribution in [0.3, 0.4) is 0 Å². The predicted molar refractivity (Wildman–Crippen MR) is 59.2 cm³/mol. The lowest BCUT2D eigenvalue weighted by atomic mass is 10.2. The van der Waals surface area contributed by atoms with Crippen LogP contribution >= 0.6 is 0 Å². The molecule has 0 bridgehead atoms. The molecule has 0 aliphatic carbocycles. The van der Waals surface area contributed by atoms with Gasteiger partial charge >= 0.3 is 12.3 Å². The Labute approximate surface area is 106 Å². The number of carbonyl (C=O) groups is 1. The van der Waals surface area contributed by atoms with Crippen molar-refractivity contribution in [2.24, 2.45) is 5.73 Å². The van der Waals surface area contributed by atoms with Crippen LogP contribution in [0.2, 0.25) is 0 Å². The molecule has 1 rings (SSSR count). The Morgan fingerprint density at radius 3 is 2.58 bits per heavy atom. The molecule has 106 valence electrons. The van der Waals surface area contributed by atoms with Crippen molar-refractivity contribution in [1.82, 2.24) is 4.98 Å². The van der Waals surface area contributed by atoms with Gasteiger partial charge in [-0.15, -0.1) is 13.2 Å². The Kier molecular flexibility index (Phi) is 4.54. The van der Waals surface area contributed by atoms with Gasteiger partial charge in [0.05, 0.1) is 12.3 Å². The van der Waals surface area contributed by atoms with Crippen molar-refractivity contribution in [3.63, 3.8) is 0 Å². The van der Waals surface area contributed by atoms with E-state index in [1.165, 1.54) is 6.92 Å². The zero-order valence-corrected chi connectivity index (χ0v) is 9.95. The van der Waals surface area contributed by atoms with Gasteiger partial charge in [0, 0.05) is 6.54 Å². The fraction of sp³-hybridized carbons (Fsp3) is 0.400. The number of anilines is 1. The lowest BCUT2D eigenvalue weighted by Gasteiger charge is -2.15. The molecule has 0 amide bonds. The quantitative estimate of drug-likeness (QED) is 0.803. The Morgan fingerprint density at radius 1 is 1.47 bits per heavy atom. The molecule has 0 radical (unpaired) electrons. The second kappa shape index (κ2) is 5.74. The van der Waals surface area contributed by atoms with Crippen LogP contribution in [0.15, 0.2) is 6.07 Å². The number of halogens is 3. The molecule has 0 fully saturated rings. The second-order valence-corrected chi connectivity index (χ2v) is 3.35. The molecule has 6 nitrogen and oxygen atoms in total. The number of hydrogen-bond donors (Lipinski definition) is 2. The summed E-state index contributed by atoms with van der Waals surface area (Å²) in [5.74, 6) is -2.46. The summed E-state index contributed by atoms with van der Waals surface area (Å²) in [4.78, 5) is 15.2. The van der Waals surface area contributed by atoms with Gasteiger partial charge in [0.1, 0.15) is 5.56 Å². The van der Waals surface area contributed by atoms with E-state index < -0.39 is 29.5 Å². The number of nitrogen functional groups attached to an aromatic ring is 1. The SMILES string of the molecule is CCOC(=O)c1cc(CN)nc(N)c1OC(F)(F)F. The number of alkyl halides is 3. The van der Waals surface area contributed by atoms with Crippen molar-refractivity contribution in [3.05, 3.63) is 17.3 Å². The fourth-order valence-corrected chi connectivity index (χ4v) is 1.30. The third-order valence-electron chi connectivity index (χ3n) is 1.97. The van der Waals surface area contributed by atoms with Crippen LogP contribution in [0.4, 0.5) is 19.0 Å². The van der Waals surface area contributed by atoms with E-state index in [-0.39, 0.29) is 18.8 Å². The number of nitrogens with zero attached hydrogens (tertiary/aromatic N) is 1. The smallest absolute Gasteiger partial charge is 0.462 e. The summed E-state index contributed by atoms with van der Waals surface area (Å²) in [5.41, 5.74) is 10.3. The largest absolute Gasteiger partial charge is 0.573 e. The Bertz CT molecular complexity index is 477. The van der Waals surface area contributed by atoms with Gasteiger partial charge < -0.3 is 20.9 Å². The first-order chi connectivity index (χ1) is 8.78. The summed E-state index contributed by atoms with van der Waals surface area (Å²) in [6, 6.07) is 1.05. The van der Waals surface area contributed by atoms with Gasteiger partial charge in [-0.3, -0.25) is 0 Å². The first kappa shape index (κ1) is 15.0. The molecule has 0 saturated heterocycles. The van der Waals surface area contributed by atoms with Crippen molar-refractivity contribution in [2.45, 2.75) is 19.8 Å².